The first kappa shape index (κ1) is 12.8. The van der Waals surface area contributed by atoms with Crippen LogP contribution >= 0.6 is 15.9 Å². The van der Waals surface area contributed by atoms with Crippen LogP contribution in [0.2, 0.25) is 0 Å². The molecular formula is C14H18BrN5. The van der Waals surface area contributed by atoms with Crippen molar-refractivity contribution in [3.05, 3.63) is 34.3 Å². The molecule has 20 heavy (non-hydrogen) atoms. The standard InChI is InChI=1S/C14H18BrN5/c15-12-3-1-11(2-4-12)13(17-16)14-5-18-8-19(6-14)10-20(7-14)9-18/h1-4H,5-10,16H2/b17-13-. The zero-order valence-electron chi connectivity index (χ0n) is 11.3. The third-order valence-electron chi connectivity index (χ3n) is 4.53. The van der Waals surface area contributed by atoms with Crippen LogP contribution in [0.25, 0.3) is 0 Å². The van der Waals surface area contributed by atoms with Crippen LogP contribution in [0.3, 0.4) is 0 Å². The van der Waals surface area contributed by atoms with Gasteiger partial charge in [0, 0.05) is 24.1 Å². The Hall–Kier alpha value is -0.950. The van der Waals surface area contributed by atoms with Gasteiger partial charge in [-0.15, -0.1) is 0 Å². The van der Waals surface area contributed by atoms with Crippen molar-refractivity contribution >= 4 is 21.6 Å². The average molecular weight is 336 g/mol. The van der Waals surface area contributed by atoms with Crippen molar-refractivity contribution in [1.82, 2.24) is 14.7 Å². The second-order valence-electron chi connectivity index (χ2n) is 6.18. The summed E-state index contributed by atoms with van der Waals surface area (Å²) in [5.74, 6) is 5.78. The van der Waals surface area contributed by atoms with E-state index in [0.29, 0.717) is 0 Å². The summed E-state index contributed by atoms with van der Waals surface area (Å²) in [5.41, 5.74) is 2.24. The van der Waals surface area contributed by atoms with E-state index in [2.05, 4.69) is 60.0 Å². The van der Waals surface area contributed by atoms with E-state index in [1.807, 2.05) is 0 Å². The molecule has 0 amide bonds. The fourth-order valence-electron chi connectivity index (χ4n) is 4.07. The molecule has 0 saturated carbocycles. The molecule has 0 radical (unpaired) electrons. The minimum absolute atomic E-state index is 0.0529. The van der Waals surface area contributed by atoms with E-state index >= 15 is 0 Å². The molecule has 4 fully saturated rings. The number of benzene rings is 1. The second-order valence-corrected chi connectivity index (χ2v) is 7.09. The Balaban J connectivity index is 1.73. The van der Waals surface area contributed by atoms with Gasteiger partial charge in [0.1, 0.15) is 0 Å². The zero-order chi connectivity index (χ0) is 13.7. The van der Waals surface area contributed by atoms with Gasteiger partial charge in [-0.25, -0.2) is 0 Å². The summed E-state index contributed by atoms with van der Waals surface area (Å²) < 4.78 is 1.08. The maximum Gasteiger partial charge on any atom is 0.0773 e. The second kappa shape index (κ2) is 4.53. The highest BCUT2D eigenvalue weighted by atomic mass is 79.9. The SMILES string of the molecule is N/N=C(/c1ccc(Br)cc1)C12CN3CN(CN(C3)C1)C2. The number of nitrogens with two attached hydrogens (primary N) is 1. The third kappa shape index (κ3) is 1.90. The Morgan fingerprint density at radius 1 is 1.00 bits per heavy atom. The molecule has 4 aliphatic rings. The van der Waals surface area contributed by atoms with Crippen LogP contribution in [0.15, 0.2) is 33.8 Å². The van der Waals surface area contributed by atoms with Crippen LogP contribution in [-0.2, 0) is 0 Å². The molecule has 1 aromatic rings. The Morgan fingerprint density at radius 3 is 1.95 bits per heavy atom. The molecule has 1 aromatic carbocycles. The first-order valence-electron chi connectivity index (χ1n) is 6.90. The van der Waals surface area contributed by atoms with Crippen LogP contribution in [0, 0.1) is 5.41 Å². The van der Waals surface area contributed by atoms with Crippen molar-refractivity contribution in [2.75, 3.05) is 39.6 Å². The highest BCUT2D eigenvalue weighted by molar-refractivity contribution is 9.10. The summed E-state index contributed by atoms with van der Waals surface area (Å²) in [6, 6.07) is 8.33. The third-order valence-corrected chi connectivity index (χ3v) is 5.06. The molecule has 0 unspecified atom stereocenters. The van der Waals surface area contributed by atoms with Gasteiger partial charge in [0.25, 0.3) is 0 Å². The van der Waals surface area contributed by atoms with E-state index in [1.54, 1.807) is 0 Å². The summed E-state index contributed by atoms with van der Waals surface area (Å²) in [5, 5.41) is 4.20. The summed E-state index contributed by atoms with van der Waals surface area (Å²) in [6.07, 6.45) is 0. The van der Waals surface area contributed by atoms with Gasteiger partial charge >= 0.3 is 0 Å². The zero-order valence-corrected chi connectivity index (χ0v) is 12.9. The normalized spacial score (nSPS) is 39.2. The van der Waals surface area contributed by atoms with E-state index in [4.69, 9.17) is 5.84 Å². The van der Waals surface area contributed by atoms with Crippen molar-refractivity contribution in [3.63, 3.8) is 0 Å². The Morgan fingerprint density at radius 2 is 1.50 bits per heavy atom. The number of halogens is 1. The molecular weight excluding hydrogens is 318 g/mol. The number of rotatable bonds is 2. The largest absolute Gasteiger partial charge is 0.323 e. The summed E-state index contributed by atoms with van der Waals surface area (Å²) >= 11 is 3.48. The van der Waals surface area contributed by atoms with Crippen molar-refractivity contribution in [2.45, 2.75) is 0 Å². The van der Waals surface area contributed by atoms with E-state index in [9.17, 15) is 0 Å². The van der Waals surface area contributed by atoms with Crippen LogP contribution < -0.4 is 5.84 Å². The van der Waals surface area contributed by atoms with Crippen LogP contribution in [0.5, 0.6) is 0 Å². The maximum absolute atomic E-state index is 5.78. The molecule has 0 aromatic heterocycles. The Bertz CT molecular complexity index is 518. The molecule has 4 bridgehead atoms. The average Bonchev–Trinajstić information content (AvgIpc) is 2.40. The van der Waals surface area contributed by atoms with Gasteiger partial charge in [-0.3, -0.25) is 14.7 Å². The molecule has 106 valence electrons. The first-order valence-corrected chi connectivity index (χ1v) is 7.69. The molecule has 6 heteroatoms. The van der Waals surface area contributed by atoms with Gasteiger partial charge in [-0.1, -0.05) is 28.1 Å². The smallest absolute Gasteiger partial charge is 0.0773 e. The van der Waals surface area contributed by atoms with Gasteiger partial charge in [-0.05, 0) is 17.7 Å². The summed E-state index contributed by atoms with van der Waals surface area (Å²) in [7, 11) is 0. The van der Waals surface area contributed by atoms with E-state index in [0.717, 1.165) is 55.4 Å². The molecule has 4 saturated heterocycles. The predicted molar refractivity (Wildman–Crippen MR) is 82.0 cm³/mol. The Labute approximate surface area is 127 Å². The molecule has 5 nitrogen and oxygen atoms in total. The molecule has 2 N–H and O–H groups in total. The fraction of sp³-hybridized carbons (Fsp3) is 0.500. The number of hydrazone groups is 1. The minimum Gasteiger partial charge on any atom is -0.323 e. The van der Waals surface area contributed by atoms with E-state index in [1.165, 1.54) is 0 Å². The molecule has 4 aliphatic heterocycles. The molecule has 0 atom stereocenters. The number of hydrogen-bond acceptors (Lipinski definition) is 5. The molecule has 0 aliphatic carbocycles. The predicted octanol–water partition coefficient (Wildman–Crippen LogP) is 0.918. The lowest BCUT2D eigenvalue weighted by atomic mass is 9.74. The number of nitrogens with zero attached hydrogens (tertiary/aromatic N) is 4. The summed E-state index contributed by atoms with van der Waals surface area (Å²) in [6.45, 7) is 6.42. The van der Waals surface area contributed by atoms with Crippen molar-refractivity contribution < 1.29 is 0 Å². The van der Waals surface area contributed by atoms with E-state index in [-0.39, 0.29) is 5.41 Å². The van der Waals surface area contributed by atoms with Crippen LogP contribution in [0.1, 0.15) is 5.56 Å². The molecule has 0 spiro atoms. The van der Waals surface area contributed by atoms with Crippen molar-refractivity contribution in [3.8, 4) is 0 Å². The molecule has 5 rings (SSSR count). The van der Waals surface area contributed by atoms with Crippen LogP contribution in [0.4, 0.5) is 0 Å². The van der Waals surface area contributed by atoms with Gasteiger partial charge in [0.15, 0.2) is 0 Å². The van der Waals surface area contributed by atoms with Gasteiger partial charge in [0.05, 0.1) is 31.1 Å². The maximum atomic E-state index is 5.78. The quantitative estimate of drug-likeness (QED) is 0.496. The lowest BCUT2D eigenvalue weighted by Gasteiger charge is -2.60. The highest BCUT2D eigenvalue weighted by Gasteiger charge is 2.51. The minimum atomic E-state index is 0.0529. The van der Waals surface area contributed by atoms with E-state index < -0.39 is 0 Å². The lowest BCUT2D eigenvalue weighted by Crippen LogP contribution is -2.74. The van der Waals surface area contributed by atoms with Crippen molar-refractivity contribution in [2.24, 2.45) is 16.4 Å². The molecule has 4 heterocycles. The van der Waals surface area contributed by atoms with Gasteiger partial charge < -0.3 is 5.84 Å². The first-order chi connectivity index (χ1) is 9.68. The van der Waals surface area contributed by atoms with Gasteiger partial charge in [-0.2, -0.15) is 5.10 Å². The van der Waals surface area contributed by atoms with Crippen LogP contribution in [-0.4, -0.2) is 60.1 Å². The summed E-state index contributed by atoms with van der Waals surface area (Å²) in [4.78, 5) is 7.46. The van der Waals surface area contributed by atoms with Crippen molar-refractivity contribution in [1.29, 1.82) is 0 Å². The topological polar surface area (TPSA) is 48.1 Å². The monoisotopic (exact) mass is 335 g/mol. The lowest BCUT2D eigenvalue weighted by molar-refractivity contribution is -0.149. The Kier molecular flexibility index (Phi) is 2.89. The highest BCUT2D eigenvalue weighted by Crippen LogP contribution is 2.38. The number of hydrogen-bond donors (Lipinski definition) is 1. The fourth-order valence-corrected chi connectivity index (χ4v) is 4.33. The van der Waals surface area contributed by atoms with Gasteiger partial charge in [0.2, 0.25) is 0 Å².